The fraction of sp³-hybridized carbons (Fsp3) is 0.412. The average molecular weight is 299 g/mol. The van der Waals surface area contributed by atoms with Gasteiger partial charge in [0.05, 0.1) is 5.60 Å². The third-order valence-electron chi connectivity index (χ3n) is 4.13. The Kier molecular flexibility index (Phi) is 4.53. The first-order chi connectivity index (χ1) is 10.8. The predicted molar refractivity (Wildman–Crippen MR) is 84.9 cm³/mol. The van der Waals surface area contributed by atoms with Crippen LogP contribution in [0.3, 0.4) is 0 Å². The van der Waals surface area contributed by atoms with Crippen LogP contribution in [0.1, 0.15) is 24.8 Å². The summed E-state index contributed by atoms with van der Waals surface area (Å²) < 4.78 is 11.3. The number of aromatic nitrogens is 2. The van der Waals surface area contributed by atoms with Crippen LogP contribution in [0.4, 0.5) is 5.95 Å². The van der Waals surface area contributed by atoms with E-state index in [4.69, 9.17) is 9.47 Å². The zero-order valence-corrected chi connectivity index (χ0v) is 12.8. The van der Waals surface area contributed by atoms with Crippen molar-refractivity contribution in [2.24, 2.45) is 0 Å². The van der Waals surface area contributed by atoms with E-state index in [1.165, 1.54) is 6.42 Å². The maximum absolute atomic E-state index is 5.71. The molecule has 1 aromatic heterocycles. The molecule has 0 saturated heterocycles. The lowest BCUT2D eigenvalue weighted by atomic mass is 9.80. The number of benzene rings is 1. The largest absolute Gasteiger partial charge is 0.473 e. The van der Waals surface area contributed by atoms with Crippen LogP contribution >= 0.6 is 0 Å². The van der Waals surface area contributed by atoms with Gasteiger partial charge in [0.25, 0.3) is 0 Å². The number of nitrogens with one attached hydrogen (secondary N) is 1. The van der Waals surface area contributed by atoms with E-state index >= 15 is 0 Å². The Labute approximate surface area is 130 Å². The van der Waals surface area contributed by atoms with Crippen molar-refractivity contribution in [3.8, 4) is 5.88 Å². The fourth-order valence-electron chi connectivity index (χ4n) is 2.50. The number of hydrogen-bond acceptors (Lipinski definition) is 5. The van der Waals surface area contributed by atoms with E-state index in [2.05, 4.69) is 15.3 Å². The minimum Gasteiger partial charge on any atom is -0.473 e. The average Bonchev–Trinajstić information content (AvgIpc) is 2.54. The van der Waals surface area contributed by atoms with Gasteiger partial charge in [-0.1, -0.05) is 30.3 Å². The molecule has 1 aromatic carbocycles. The van der Waals surface area contributed by atoms with Gasteiger partial charge < -0.3 is 14.8 Å². The third kappa shape index (κ3) is 3.54. The molecule has 2 aromatic rings. The quantitative estimate of drug-likeness (QED) is 0.851. The Bertz CT molecular complexity index is 594. The molecule has 0 atom stereocenters. The van der Waals surface area contributed by atoms with Gasteiger partial charge in [0.15, 0.2) is 0 Å². The Hall–Kier alpha value is -2.14. The van der Waals surface area contributed by atoms with Crippen LogP contribution in [0.25, 0.3) is 0 Å². The molecule has 0 spiro atoms. The molecule has 1 aliphatic rings. The molecule has 22 heavy (non-hydrogen) atoms. The molecule has 1 N–H and O–H groups in total. The van der Waals surface area contributed by atoms with Crippen LogP contribution < -0.4 is 10.1 Å². The molecule has 1 saturated carbocycles. The second-order valence-electron chi connectivity index (χ2n) is 5.59. The van der Waals surface area contributed by atoms with E-state index < -0.39 is 0 Å². The molecule has 5 heteroatoms. The highest BCUT2D eigenvalue weighted by Crippen LogP contribution is 2.34. The first-order valence-electron chi connectivity index (χ1n) is 7.58. The molecule has 5 nitrogen and oxygen atoms in total. The van der Waals surface area contributed by atoms with E-state index in [-0.39, 0.29) is 5.60 Å². The fourth-order valence-corrected chi connectivity index (χ4v) is 2.50. The van der Waals surface area contributed by atoms with Crippen LogP contribution in [0, 0.1) is 0 Å². The molecule has 0 amide bonds. The van der Waals surface area contributed by atoms with Gasteiger partial charge in [-0.15, -0.1) is 0 Å². The van der Waals surface area contributed by atoms with Crippen molar-refractivity contribution >= 4 is 5.95 Å². The molecule has 3 rings (SSSR count). The van der Waals surface area contributed by atoms with Crippen molar-refractivity contribution in [3.05, 3.63) is 48.2 Å². The molecule has 0 aliphatic heterocycles. The molecule has 1 heterocycles. The lowest BCUT2D eigenvalue weighted by molar-refractivity contribution is -0.0602. The monoisotopic (exact) mass is 299 g/mol. The van der Waals surface area contributed by atoms with Gasteiger partial charge >= 0.3 is 0 Å². The van der Waals surface area contributed by atoms with Crippen LogP contribution in [-0.4, -0.2) is 29.2 Å². The van der Waals surface area contributed by atoms with Gasteiger partial charge in [-0.05, 0) is 24.8 Å². The van der Waals surface area contributed by atoms with Gasteiger partial charge in [-0.3, -0.25) is 0 Å². The topological polar surface area (TPSA) is 56.3 Å². The lowest BCUT2D eigenvalue weighted by Gasteiger charge is -2.40. The highest BCUT2D eigenvalue weighted by Gasteiger charge is 2.36. The molecule has 1 aliphatic carbocycles. The van der Waals surface area contributed by atoms with E-state index in [0.29, 0.717) is 18.4 Å². The van der Waals surface area contributed by atoms with Crippen LogP contribution in [0.5, 0.6) is 5.88 Å². The Morgan fingerprint density at radius 3 is 2.68 bits per heavy atom. The first-order valence-corrected chi connectivity index (χ1v) is 7.58. The summed E-state index contributed by atoms with van der Waals surface area (Å²) in [7, 11) is 1.76. The lowest BCUT2D eigenvalue weighted by Crippen LogP contribution is -2.45. The number of methoxy groups -OCH3 is 1. The standard InChI is InChI=1S/C17H21N3O2/c1-21-17(9-5-10-17)13-19-16-18-11-8-15(20-16)22-12-14-6-3-2-4-7-14/h2-4,6-8,11H,5,9-10,12-13H2,1H3,(H,18,19,20). The molecular weight excluding hydrogens is 278 g/mol. The zero-order chi connectivity index (χ0) is 15.3. The summed E-state index contributed by atoms with van der Waals surface area (Å²) in [5, 5.41) is 3.25. The number of nitrogens with zero attached hydrogens (tertiary/aromatic N) is 2. The summed E-state index contributed by atoms with van der Waals surface area (Å²) >= 11 is 0. The number of anilines is 1. The first kappa shape index (κ1) is 14.8. The van der Waals surface area contributed by atoms with Crippen molar-refractivity contribution in [1.29, 1.82) is 0 Å². The second-order valence-corrected chi connectivity index (χ2v) is 5.59. The summed E-state index contributed by atoms with van der Waals surface area (Å²) in [6.07, 6.45) is 5.09. The maximum atomic E-state index is 5.71. The molecule has 0 radical (unpaired) electrons. The predicted octanol–water partition coefficient (Wildman–Crippen LogP) is 3.04. The highest BCUT2D eigenvalue weighted by molar-refractivity contribution is 5.28. The summed E-state index contributed by atoms with van der Waals surface area (Å²) in [5.74, 6) is 1.15. The summed E-state index contributed by atoms with van der Waals surface area (Å²) in [5.41, 5.74) is 1.06. The second kappa shape index (κ2) is 6.75. The van der Waals surface area contributed by atoms with Gasteiger partial charge in [0.2, 0.25) is 11.8 Å². The molecular formula is C17H21N3O2. The van der Waals surface area contributed by atoms with Crippen LogP contribution in [0.2, 0.25) is 0 Å². The maximum Gasteiger partial charge on any atom is 0.226 e. The van der Waals surface area contributed by atoms with Crippen molar-refractivity contribution < 1.29 is 9.47 Å². The molecule has 0 bridgehead atoms. The van der Waals surface area contributed by atoms with E-state index in [1.54, 1.807) is 19.4 Å². The summed E-state index contributed by atoms with van der Waals surface area (Å²) in [6.45, 7) is 1.23. The SMILES string of the molecule is COC1(CNc2nccc(OCc3ccccc3)n2)CCC1. The van der Waals surface area contributed by atoms with E-state index in [9.17, 15) is 0 Å². The summed E-state index contributed by atoms with van der Waals surface area (Å²) in [6, 6.07) is 11.8. The van der Waals surface area contributed by atoms with Crippen molar-refractivity contribution in [1.82, 2.24) is 9.97 Å². The summed E-state index contributed by atoms with van der Waals surface area (Å²) in [4.78, 5) is 8.62. The van der Waals surface area contributed by atoms with Crippen LogP contribution in [0.15, 0.2) is 42.6 Å². The van der Waals surface area contributed by atoms with Crippen molar-refractivity contribution in [2.75, 3.05) is 19.0 Å². The van der Waals surface area contributed by atoms with Crippen LogP contribution in [-0.2, 0) is 11.3 Å². The van der Waals surface area contributed by atoms with E-state index in [0.717, 1.165) is 24.9 Å². The van der Waals surface area contributed by atoms with Crippen molar-refractivity contribution in [3.63, 3.8) is 0 Å². The zero-order valence-electron chi connectivity index (χ0n) is 12.8. The van der Waals surface area contributed by atoms with Gasteiger partial charge in [-0.25, -0.2) is 4.98 Å². The van der Waals surface area contributed by atoms with Gasteiger partial charge in [-0.2, -0.15) is 4.98 Å². The molecule has 0 unspecified atom stereocenters. The molecule has 116 valence electrons. The Balaban J connectivity index is 1.55. The number of rotatable bonds is 7. The third-order valence-corrected chi connectivity index (χ3v) is 4.13. The highest BCUT2D eigenvalue weighted by atomic mass is 16.5. The normalized spacial score (nSPS) is 15.9. The Morgan fingerprint density at radius 1 is 1.18 bits per heavy atom. The Morgan fingerprint density at radius 2 is 2.00 bits per heavy atom. The van der Waals surface area contributed by atoms with Gasteiger partial charge in [0.1, 0.15) is 6.61 Å². The van der Waals surface area contributed by atoms with E-state index in [1.807, 2.05) is 30.3 Å². The van der Waals surface area contributed by atoms with Crippen molar-refractivity contribution in [2.45, 2.75) is 31.5 Å². The van der Waals surface area contributed by atoms with Gasteiger partial charge in [0, 0.05) is 25.9 Å². The number of ether oxygens (including phenoxy) is 2. The smallest absolute Gasteiger partial charge is 0.226 e. The number of hydrogen-bond donors (Lipinski definition) is 1. The molecule has 1 fully saturated rings. The minimum atomic E-state index is -0.0513. The minimum absolute atomic E-state index is 0.0513.